The lowest BCUT2D eigenvalue weighted by Crippen LogP contribution is -2.49. The summed E-state index contributed by atoms with van der Waals surface area (Å²) < 4.78 is 4.69. The van der Waals surface area contributed by atoms with E-state index in [9.17, 15) is 14.7 Å². The smallest absolute Gasteiger partial charge is 0.409 e. The van der Waals surface area contributed by atoms with Crippen LogP contribution in [0, 0.1) is 0 Å². The van der Waals surface area contributed by atoms with E-state index in [1.165, 1.54) is 12.0 Å². The quantitative estimate of drug-likeness (QED) is 0.889. The first-order chi connectivity index (χ1) is 11.0. The molecule has 0 saturated carbocycles. The van der Waals surface area contributed by atoms with Gasteiger partial charge < -0.3 is 25.0 Å². The van der Waals surface area contributed by atoms with Crippen LogP contribution in [-0.4, -0.2) is 60.3 Å². The van der Waals surface area contributed by atoms with Gasteiger partial charge in [0.15, 0.2) is 0 Å². The molecular formula is C16H23N3O4. The summed E-state index contributed by atoms with van der Waals surface area (Å²) in [5.41, 5.74) is 0.700. The van der Waals surface area contributed by atoms with Gasteiger partial charge in [-0.05, 0) is 18.9 Å². The molecule has 0 radical (unpaired) electrons. The number of amides is 3. The molecular weight excluding hydrogens is 298 g/mol. The molecule has 1 heterocycles. The highest BCUT2D eigenvalue weighted by atomic mass is 16.5. The number of phenolic OH excluding ortho intramolecular Hbond substituents is 1. The molecule has 0 spiro atoms. The lowest BCUT2D eigenvalue weighted by molar-refractivity contribution is 0.109. The number of para-hydroxylation sites is 1. The highest BCUT2D eigenvalue weighted by molar-refractivity contribution is 5.74. The zero-order valence-corrected chi connectivity index (χ0v) is 13.5. The molecule has 0 unspecified atom stereocenters. The van der Waals surface area contributed by atoms with Crippen LogP contribution in [0.3, 0.4) is 0 Å². The molecule has 1 aromatic rings. The molecule has 0 aliphatic carbocycles. The van der Waals surface area contributed by atoms with Gasteiger partial charge in [0.1, 0.15) is 5.75 Å². The monoisotopic (exact) mass is 321 g/mol. The Kier molecular flexibility index (Phi) is 5.67. The average Bonchev–Trinajstić information content (AvgIpc) is 2.56. The number of nitrogens with zero attached hydrogens (tertiary/aromatic N) is 2. The second-order valence-corrected chi connectivity index (χ2v) is 5.67. The number of benzene rings is 1. The van der Waals surface area contributed by atoms with Crippen molar-refractivity contribution in [3.63, 3.8) is 0 Å². The number of aromatic hydroxyl groups is 1. The maximum absolute atomic E-state index is 12.2. The van der Waals surface area contributed by atoms with Crippen molar-refractivity contribution in [2.75, 3.05) is 27.2 Å². The Labute approximate surface area is 135 Å². The van der Waals surface area contributed by atoms with Crippen LogP contribution in [0.2, 0.25) is 0 Å². The molecule has 1 saturated heterocycles. The number of urea groups is 1. The van der Waals surface area contributed by atoms with Crippen molar-refractivity contribution in [1.29, 1.82) is 0 Å². The van der Waals surface area contributed by atoms with Crippen molar-refractivity contribution in [2.45, 2.75) is 25.4 Å². The third-order valence-electron chi connectivity index (χ3n) is 4.00. The summed E-state index contributed by atoms with van der Waals surface area (Å²) in [5, 5.41) is 12.7. The molecule has 7 nitrogen and oxygen atoms in total. The van der Waals surface area contributed by atoms with E-state index < -0.39 is 0 Å². The number of carbonyl (C=O) groups excluding carboxylic acids is 2. The second-order valence-electron chi connectivity index (χ2n) is 5.67. The molecule has 2 rings (SSSR count). The van der Waals surface area contributed by atoms with Crippen molar-refractivity contribution in [3.8, 4) is 5.75 Å². The minimum Gasteiger partial charge on any atom is -0.508 e. The normalized spacial score (nSPS) is 15.1. The van der Waals surface area contributed by atoms with Gasteiger partial charge in [-0.3, -0.25) is 0 Å². The highest BCUT2D eigenvalue weighted by Crippen LogP contribution is 2.17. The van der Waals surface area contributed by atoms with Crippen LogP contribution in [0.5, 0.6) is 5.75 Å². The Morgan fingerprint density at radius 2 is 2.00 bits per heavy atom. The number of hydrogen-bond acceptors (Lipinski definition) is 4. The molecule has 2 N–H and O–H groups in total. The van der Waals surface area contributed by atoms with Gasteiger partial charge in [-0.25, -0.2) is 9.59 Å². The molecule has 1 fully saturated rings. The topological polar surface area (TPSA) is 82.1 Å². The van der Waals surface area contributed by atoms with Gasteiger partial charge in [0, 0.05) is 31.7 Å². The molecule has 23 heavy (non-hydrogen) atoms. The van der Waals surface area contributed by atoms with Crippen LogP contribution in [-0.2, 0) is 11.3 Å². The molecule has 3 amide bonds. The SMILES string of the molecule is COC(=O)N1CCC(NC(=O)N(C)Cc2ccccc2O)CC1. The van der Waals surface area contributed by atoms with Crippen LogP contribution in [0.1, 0.15) is 18.4 Å². The summed E-state index contributed by atoms with van der Waals surface area (Å²) in [4.78, 5) is 26.8. The first kappa shape index (κ1) is 16.9. The standard InChI is InChI=1S/C16H23N3O4/c1-18(11-12-5-3-4-6-14(12)20)15(21)17-13-7-9-19(10-8-13)16(22)23-2/h3-6,13,20H,7-11H2,1-2H3,(H,17,21). The average molecular weight is 321 g/mol. The number of rotatable bonds is 3. The van der Waals surface area contributed by atoms with Gasteiger partial charge in [0.2, 0.25) is 0 Å². The van der Waals surface area contributed by atoms with E-state index in [-0.39, 0.29) is 23.9 Å². The molecule has 0 atom stereocenters. The Morgan fingerprint density at radius 3 is 2.61 bits per heavy atom. The van der Waals surface area contributed by atoms with Gasteiger partial charge in [-0.1, -0.05) is 18.2 Å². The predicted octanol–water partition coefficient (Wildman–Crippen LogP) is 1.76. The zero-order valence-electron chi connectivity index (χ0n) is 13.5. The Bertz CT molecular complexity index is 556. The fourth-order valence-electron chi connectivity index (χ4n) is 2.59. The maximum atomic E-state index is 12.2. The second kappa shape index (κ2) is 7.71. The minimum absolute atomic E-state index is 0.0372. The van der Waals surface area contributed by atoms with E-state index in [2.05, 4.69) is 10.1 Å². The van der Waals surface area contributed by atoms with Crippen molar-refractivity contribution in [3.05, 3.63) is 29.8 Å². The van der Waals surface area contributed by atoms with Gasteiger partial charge in [0.25, 0.3) is 0 Å². The summed E-state index contributed by atoms with van der Waals surface area (Å²) in [5.74, 6) is 0.179. The van der Waals surface area contributed by atoms with E-state index >= 15 is 0 Å². The van der Waals surface area contributed by atoms with Crippen molar-refractivity contribution in [2.24, 2.45) is 0 Å². The van der Waals surface area contributed by atoms with Crippen LogP contribution in [0.25, 0.3) is 0 Å². The van der Waals surface area contributed by atoms with E-state index in [0.717, 1.165) is 0 Å². The van der Waals surface area contributed by atoms with Crippen LogP contribution in [0.15, 0.2) is 24.3 Å². The van der Waals surface area contributed by atoms with E-state index in [4.69, 9.17) is 0 Å². The fraction of sp³-hybridized carbons (Fsp3) is 0.500. The fourth-order valence-corrected chi connectivity index (χ4v) is 2.59. The summed E-state index contributed by atoms with van der Waals surface area (Å²) in [7, 11) is 3.05. The minimum atomic E-state index is -0.327. The van der Waals surface area contributed by atoms with Crippen LogP contribution in [0.4, 0.5) is 9.59 Å². The Hall–Kier alpha value is -2.44. The first-order valence-electron chi connectivity index (χ1n) is 7.62. The number of hydrogen-bond donors (Lipinski definition) is 2. The van der Waals surface area contributed by atoms with E-state index in [0.29, 0.717) is 38.0 Å². The van der Waals surface area contributed by atoms with Gasteiger partial charge in [-0.2, -0.15) is 0 Å². The first-order valence-corrected chi connectivity index (χ1v) is 7.62. The molecule has 1 aromatic carbocycles. The lowest BCUT2D eigenvalue weighted by atomic mass is 10.1. The predicted molar refractivity (Wildman–Crippen MR) is 85.1 cm³/mol. The number of likely N-dealkylation sites (tertiary alicyclic amines) is 1. The molecule has 0 bridgehead atoms. The Balaban J connectivity index is 1.81. The molecule has 126 valence electrons. The van der Waals surface area contributed by atoms with Crippen LogP contribution >= 0.6 is 0 Å². The molecule has 0 aromatic heterocycles. The summed E-state index contributed by atoms with van der Waals surface area (Å²) >= 11 is 0. The summed E-state index contributed by atoms with van der Waals surface area (Å²) in [6, 6.07) is 6.80. The third-order valence-corrected chi connectivity index (χ3v) is 4.00. The van der Waals surface area contributed by atoms with E-state index in [1.54, 1.807) is 30.1 Å². The largest absolute Gasteiger partial charge is 0.508 e. The summed E-state index contributed by atoms with van der Waals surface area (Å²) in [6.45, 7) is 1.47. The number of phenols is 1. The van der Waals surface area contributed by atoms with Gasteiger partial charge in [0.05, 0.1) is 13.7 Å². The zero-order chi connectivity index (χ0) is 16.8. The molecule has 7 heteroatoms. The molecule has 1 aliphatic rings. The molecule has 1 aliphatic heterocycles. The lowest BCUT2D eigenvalue weighted by Gasteiger charge is -2.32. The van der Waals surface area contributed by atoms with Crippen molar-refractivity contribution >= 4 is 12.1 Å². The third kappa shape index (κ3) is 4.51. The number of ether oxygens (including phenoxy) is 1. The number of piperidine rings is 1. The maximum Gasteiger partial charge on any atom is 0.409 e. The number of methoxy groups -OCH3 is 1. The van der Waals surface area contributed by atoms with Gasteiger partial charge >= 0.3 is 12.1 Å². The Morgan fingerprint density at radius 1 is 1.35 bits per heavy atom. The number of carbonyl (C=O) groups is 2. The van der Waals surface area contributed by atoms with Crippen molar-refractivity contribution in [1.82, 2.24) is 15.1 Å². The highest BCUT2D eigenvalue weighted by Gasteiger charge is 2.25. The van der Waals surface area contributed by atoms with Gasteiger partial charge in [-0.15, -0.1) is 0 Å². The number of nitrogens with one attached hydrogen (secondary N) is 1. The summed E-state index contributed by atoms with van der Waals surface area (Å²) in [6.07, 6.45) is 1.07. The van der Waals surface area contributed by atoms with Crippen LogP contribution < -0.4 is 5.32 Å². The van der Waals surface area contributed by atoms with E-state index in [1.807, 2.05) is 6.07 Å². The van der Waals surface area contributed by atoms with Crippen molar-refractivity contribution < 1.29 is 19.4 Å².